The first-order valence-corrected chi connectivity index (χ1v) is 2.94. The molecule has 0 atom stereocenters. The highest BCUT2D eigenvalue weighted by Gasteiger charge is 1.92. The fourth-order valence-electron chi connectivity index (χ4n) is 0.562. The van der Waals surface area contributed by atoms with E-state index in [0.29, 0.717) is 5.95 Å². The van der Waals surface area contributed by atoms with E-state index in [2.05, 4.69) is 15.4 Å². The van der Waals surface area contributed by atoms with Crippen molar-refractivity contribution in [1.82, 2.24) is 14.8 Å². The Hall–Kier alpha value is -1.06. The fourth-order valence-corrected chi connectivity index (χ4v) is 0.562. The van der Waals surface area contributed by atoms with E-state index >= 15 is 0 Å². The van der Waals surface area contributed by atoms with E-state index in [4.69, 9.17) is 0 Å². The number of nitrogens with one attached hydrogen (secondary N) is 1. The Bertz CT molecular complexity index is 162. The summed E-state index contributed by atoms with van der Waals surface area (Å²) in [5, 5.41) is 6.88. The van der Waals surface area contributed by atoms with Crippen molar-refractivity contribution in [2.45, 2.75) is 13.5 Å². The highest BCUT2D eigenvalue weighted by atomic mass is 15.4. The second-order valence-electron chi connectivity index (χ2n) is 1.67. The molecule has 0 aromatic carbocycles. The fraction of sp³-hybridized carbons (Fsp3) is 0.600. The molecule has 4 heteroatoms. The lowest BCUT2D eigenvalue weighted by molar-refractivity contribution is 0.659. The second-order valence-corrected chi connectivity index (χ2v) is 1.67. The summed E-state index contributed by atoms with van der Waals surface area (Å²) in [7, 11) is 1.80. The van der Waals surface area contributed by atoms with Gasteiger partial charge < -0.3 is 5.32 Å². The molecule has 1 aromatic rings. The first kappa shape index (κ1) is 6.07. The lowest BCUT2D eigenvalue weighted by Gasteiger charge is -1.89. The lowest BCUT2D eigenvalue weighted by Crippen LogP contribution is -1.95. The Morgan fingerprint density at radius 1 is 1.78 bits per heavy atom. The molecule has 0 aliphatic heterocycles. The van der Waals surface area contributed by atoms with Crippen molar-refractivity contribution in [2.75, 3.05) is 12.4 Å². The van der Waals surface area contributed by atoms with E-state index in [1.54, 1.807) is 18.1 Å². The predicted octanol–water partition coefficient (Wildman–Crippen LogP) is 0.340. The molecule has 0 aliphatic carbocycles. The van der Waals surface area contributed by atoms with E-state index in [-0.39, 0.29) is 0 Å². The Kier molecular flexibility index (Phi) is 1.67. The van der Waals surface area contributed by atoms with Crippen LogP contribution in [0.4, 0.5) is 5.95 Å². The first-order valence-electron chi connectivity index (χ1n) is 2.94. The maximum absolute atomic E-state index is 4.04. The summed E-state index contributed by atoms with van der Waals surface area (Å²) >= 11 is 0. The average Bonchev–Trinajstić information content (AvgIpc) is 2.34. The van der Waals surface area contributed by atoms with Crippen LogP contribution >= 0.6 is 0 Å². The van der Waals surface area contributed by atoms with Crippen LogP contribution in [-0.2, 0) is 6.54 Å². The largest absolute Gasteiger partial charge is 0.356 e. The molecule has 0 bridgehead atoms. The third-order valence-corrected chi connectivity index (χ3v) is 1.08. The molecule has 9 heavy (non-hydrogen) atoms. The maximum atomic E-state index is 4.04. The van der Waals surface area contributed by atoms with Crippen LogP contribution in [0.15, 0.2) is 6.33 Å². The van der Waals surface area contributed by atoms with Gasteiger partial charge in [-0.1, -0.05) is 0 Å². The molecule has 0 amide bonds. The molecule has 0 saturated heterocycles. The van der Waals surface area contributed by atoms with Crippen LogP contribution in [-0.4, -0.2) is 21.8 Å². The van der Waals surface area contributed by atoms with Crippen LogP contribution in [0.3, 0.4) is 0 Å². The van der Waals surface area contributed by atoms with Gasteiger partial charge in [-0.15, -0.1) is 5.10 Å². The van der Waals surface area contributed by atoms with Gasteiger partial charge in [-0.25, -0.2) is 4.98 Å². The molecule has 1 N–H and O–H groups in total. The molecule has 0 saturated carbocycles. The maximum Gasteiger partial charge on any atom is 0.241 e. The summed E-state index contributed by atoms with van der Waals surface area (Å²) in [5.41, 5.74) is 0. The monoisotopic (exact) mass is 126 g/mol. The standard InChI is InChI=1S/C5H10N4/c1-3-9-4-7-5(6-2)8-9/h4H,3H2,1-2H3,(H,6,8). The van der Waals surface area contributed by atoms with Crippen molar-refractivity contribution in [3.8, 4) is 0 Å². The summed E-state index contributed by atoms with van der Waals surface area (Å²) in [5.74, 6) is 0.678. The van der Waals surface area contributed by atoms with Crippen molar-refractivity contribution < 1.29 is 0 Å². The molecular formula is C5H10N4. The van der Waals surface area contributed by atoms with Crippen LogP contribution in [0.5, 0.6) is 0 Å². The third-order valence-electron chi connectivity index (χ3n) is 1.08. The van der Waals surface area contributed by atoms with Gasteiger partial charge >= 0.3 is 0 Å². The molecule has 0 spiro atoms. The topological polar surface area (TPSA) is 42.7 Å². The van der Waals surface area contributed by atoms with Gasteiger partial charge in [0.1, 0.15) is 6.33 Å². The van der Waals surface area contributed by atoms with Gasteiger partial charge in [-0.2, -0.15) is 0 Å². The summed E-state index contributed by atoms with van der Waals surface area (Å²) in [6.45, 7) is 2.89. The summed E-state index contributed by atoms with van der Waals surface area (Å²) in [6.07, 6.45) is 1.70. The highest BCUT2D eigenvalue weighted by molar-refractivity contribution is 5.18. The number of hydrogen-bond donors (Lipinski definition) is 1. The van der Waals surface area contributed by atoms with Crippen molar-refractivity contribution in [1.29, 1.82) is 0 Å². The first-order chi connectivity index (χ1) is 4.36. The minimum absolute atomic E-state index is 0.678. The summed E-state index contributed by atoms with van der Waals surface area (Å²) in [6, 6.07) is 0. The van der Waals surface area contributed by atoms with Gasteiger partial charge in [0.15, 0.2) is 0 Å². The van der Waals surface area contributed by atoms with Crippen LogP contribution < -0.4 is 5.32 Å². The zero-order valence-electron chi connectivity index (χ0n) is 5.63. The van der Waals surface area contributed by atoms with Crippen molar-refractivity contribution in [2.24, 2.45) is 0 Å². The molecule has 1 aromatic heterocycles. The van der Waals surface area contributed by atoms with E-state index in [1.165, 1.54) is 0 Å². The van der Waals surface area contributed by atoms with E-state index in [9.17, 15) is 0 Å². The minimum Gasteiger partial charge on any atom is -0.356 e. The highest BCUT2D eigenvalue weighted by Crippen LogP contribution is 1.92. The molecular weight excluding hydrogens is 116 g/mol. The SMILES string of the molecule is CCn1cnc(NC)n1. The molecule has 1 heterocycles. The Labute approximate surface area is 53.9 Å². The minimum atomic E-state index is 0.678. The molecule has 50 valence electrons. The quantitative estimate of drug-likeness (QED) is 0.621. The van der Waals surface area contributed by atoms with Crippen LogP contribution in [0.25, 0.3) is 0 Å². The third kappa shape index (κ3) is 1.19. The average molecular weight is 126 g/mol. The number of aryl methyl sites for hydroxylation is 1. The van der Waals surface area contributed by atoms with Crippen LogP contribution in [0.2, 0.25) is 0 Å². The van der Waals surface area contributed by atoms with Crippen LogP contribution in [0.1, 0.15) is 6.92 Å². The Morgan fingerprint density at radius 2 is 2.56 bits per heavy atom. The van der Waals surface area contributed by atoms with Gasteiger partial charge in [-0.3, -0.25) is 4.68 Å². The lowest BCUT2D eigenvalue weighted by atomic mass is 10.8. The zero-order valence-corrected chi connectivity index (χ0v) is 5.63. The summed E-state index contributed by atoms with van der Waals surface area (Å²) < 4.78 is 1.77. The molecule has 0 radical (unpaired) electrons. The van der Waals surface area contributed by atoms with E-state index in [0.717, 1.165) is 6.54 Å². The molecule has 4 nitrogen and oxygen atoms in total. The van der Waals surface area contributed by atoms with Gasteiger partial charge in [0.05, 0.1) is 0 Å². The number of hydrogen-bond acceptors (Lipinski definition) is 3. The Balaban J connectivity index is 2.74. The van der Waals surface area contributed by atoms with Gasteiger partial charge in [0.25, 0.3) is 0 Å². The van der Waals surface area contributed by atoms with Gasteiger partial charge in [0, 0.05) is 13.6 Å². The van der Waals surface area contributed by atoms with Crippen molar-refractivity contribution in [3.05, 3.63) is 6.33 Å². The van der Waals surface area contributed by atoms with E-state index < -0.39 is 0 Å². The predicted molar refractivity (Wildman–Crippen MR) is 35.2 cm³/mol. The van der Waals surface area contributed by atoms with Gasteiger partial charge in [-0.05, 0) is 6.92 Å². The van der Waals surface area contributed by atoms with Crippen molar-refractivity contribution >= 4 is 5.95 Å². The molecule has 1 rings (SSSR count). The van der Waals surface area contributed by atoms with Crippen LogP contribution in [0, 0.1) is 0 Å². The van der Waals surface area contributed by atoms with E-state index in [1.807, 2.05) is 6.92 Å². The normalized spacial score (nSPS) is 9.56. The molecule has 0 fully saturated rings. The zero-order chi connectivity index (χ0) is 6.69. The smallest absolute Gasteiger partial charge is 0.241 e. The number of nitrogens with zero attached hydrogens (tertiary/aromatic N) is 3. The number of anilines is 1. The number of rotatable bonds is 2. The summed E-state index contributed by atoms with van der Waals surface area (Å²) in [4.78, 5) is 3.95. The second kappa shape index (κ2) is 2.48. The Morgan fingerprint density at radius 3 is 2.89 bits per heavy atom. The van der Waals surface area contributed by atoms with Gasteiger partial charge in [0.2, 0.25) is 5.95 Å². The molecule has 0 unspecified atom stereocenters. The number of aromatic nitrogens is 3. The van der Waals surface area contributed by atoms with Crippen molar-refractivity contribution in [3.63, 3.8) is 0 Å². The molecule has 0 aliphatic rings.